The first-order valence-electron chi connectivity index (χ1n) is 4.21. The van der Waals surface area contributed by atoms with Gasteiger partial charge in [0.25, 0.3) is 0 Å². The quantitative estimate of drug-likeness (QED) is 0.380. The summed E-state index contributed by atoms with van der Waals surface area (Å²) >= 11 is 0. The number of cyclic esters (lactones) is 1. The molecule has 1 aliphatic heterocycles. The lowest BCUT2D eigenvalue weighted by Crippen LogP contribution is -2.19. The van der Waals surface area contributed by atoms with Gasteiger partial charge in [0.05, 0.1) is 12.5 Å². The van der Waals surface area contributed by atoms with Gasteiger partial charge in [0.1, 0.15) is 0 Å². The highest BCUT2D eigenvalue weighted by Crippen LogP contribution is 2.50. The minimum atomic E-state index is 0.0480. The average molecular weight is 150 g/mol. The monoisotopic (exact) mass is 150 g/mol. The number of hydrogen-bond donors (Lipinski definition) is 0. The maximum absolute atomic E-state index is 11.2. The van der Waals surface area contributed by atoms with Crippen LogP contribution in [0.1, 0.15) is 6.42 Å². The zero-order valence-corrected chi connectivity index (χ0v) is 6.19. The normalized spacial score (nSPS) is 51.5. The standard InChI is InChI=1S/C9H10O2/c10-9-8-6-2-1-5(3-6)7(8)4-11-9/h1-2,5-8H,3-4H2/t5-,6+,7+,8-/m1/s1. The number of esters is 1. The van der Waals surface area contributed by atoms with Crippen LogP contribution in [0, 0.1) is 23.7 Å². The molecule has 3 rings (SSSR count). The Morgan fingerprint density at radius 2 is 2.18 bits per heavy atom. The zero-order valence-electron chi connectivity index (χ0n) is 6.19. The Kier molecular flexibility index (Phi) is 0.888. The zero-order chi connectivity index (χ0) is 7.42. The van der Waals surface area contributed by atoms with Gasteiger partial charge in [0.2, 0.25) is 0 Å². The summed E-state index contributed by atoms with van der Waals surface area (Å²) < 4.78 is 5.02. The van der Waals surface area contributed by atoms with E-state index < -0.39 is 0 Å². The van der Waals surface area contributed by atoms with Gasteiger partial charge in [-0.2, -0.15) is 0 Å². The van der Waals surface area contributed by atoms with Gasteiger partial charge in [-0.15, -0.1) is 0 Å². The van der Waals surface area contributed by atoms with Crippen LogP contribution < -0.4 is 0 Å². The minimum absolute atomic E-state index is 0.0480. The van der Waals surface area contributed by atoms with Crippen molar-refractivity contribution in [2.75, 3.05) is 6.61 Å². The molecule has 0 unspecified atom stereocenters. The van der Waals surface area contributed by atoms with Gasteiger partial charge < -0.3 is 4.74 Å². The van der Waals surface area contributed by atoms with E-state index in [9.17, 15) is 4.79 Å². The molecule has 0 amide bonds. The van der Waals surface area contributed by atoms with Gasteiger partial charge in [0.15, 0.2) is 0 Å². The van der Waals surface area contributed by atoms with Crippen LogP contribution in [0.5, 0.6) is 0 Å². The van der Waals surface area contributed by atoms with Crippen molar-refractivity contribution in [1.29, 1.82) is 0 Å². The molecule has 1 saturated heterocycles. The second-order valence-corrected chi connectivity index (χ2v) is 3.77. The lowest BCUT2D eigenvalue weighted by molar-refractivity contribution is -0.142. The number of carbonyl (C=O) groups excluding carboxylic acids is 1. The van der Waals surface area contributed by atoms with Gasteiger partial charge in [-0.05, 0) is 18.3 Å². The number of fused-ring (bicyclic) bond motifs is 5. The van der Waals surface area contributed by atoms with Crippen molar-refractivity contribution in [3.63, 3.8) is 0 Å². The van der Waals surface area contributed by atoms with Crippen molar-refractivity contribution in [2.45, 2.75) is 6.42 Å². The number of rotatable bonds is 0. The van der Waals surface area contributed by atoms with Gasteiger partial charge in [0, 0.05) is 5.92 Å². The molecule has 0 aromatic heterocycles. The Morgan fingerprint density at radius 1 is 1.36 bits per heavy atom. The van der Waals surface area contributed by atoms with Gasteiger partial charge in [-0.25, -0.2) is 0 Å². The summed E-state index contributed by atoms with van der Waals surface area (Å²) in [5.74, 6) is 1.96. The van der Waals surface area contributed by atoms with E-state index >= 15 is 0 Å². The smallest absolute Gasteiger partial charge is 0.309 e. The average Bonchev–Trinajstić information content (AvgIpc) is 2.60. The molecule has 0 radical (unpaired) electrons. The molecule has 2 aliphatic carbocycles. The van der Waals surface area contributed by atoms with E-state index in [1.165, 1.54) is 6.42 Å². The summed E-state index contributed by atoms with van der Waals surface area (Å²) in [6.45, 7) is 0.676. The molecular weight excluding hydrogens is 140 g/mol. The molecule has 0 spiro atoms. The van der Waals surface area contributed by atoms with Gasteiger partial charge in [-0.1, -0.05) is 12.2 Å². The molecule has 2 fully saturated rings. The van der Waals surface area contributed by atoms with Gasteiger partial charge >= 0.3 is 5.97 Å². The van der Waals surface area contributed by atoms with E-state index in [1.807, 2.05) is 0 Å². The summed E-state index contributed by atoms with van der Waals surface area (Å²) in [4.78, 5) is 11.2. The van der Waals surface area contributed by atoms with Crippen LogP contribution in [-0.2, 0) is 9.53 Å². The molecule has 2 bridgehead atoms. The van der Waals surface area contributed by atoms with E-state index in [-0.39, 0.29) is 11.9 Å². The first kappa shape index (κ1) is 5.81. The SMILES string of the molecule is O=C1OC[C@@H]2[C@H]1[C@H]1C=C[C@@H]2C1. The van der Waals surface area contributed by atoms with E-state index in [2.05, 4.69) is 12.2 Å². The van der Waals surface area contributed by atoms with Crippen molar-refractivity contribution in [2.24, 2.45) is 23.7 Å². The van der Waals surface area contributed by atoms with Crippen LogP contribution >= 0.6 is 0 Å². The summed E-state index contributed by atoms with van der Waals surface area (Å²) in [5.41, 5.74) is 0. The minimum Gasteiger partial charge on any atom is -0.465 e. The van der Waals surface area contributed by atoms with Crippen molar-refractivity contribution in [3.8, 4) is 0 Å². The molecule has 11 heavy (non-hydrogen) atoms. The second kappa shape index (κ2) is 1.68. The first-order chi connectivity index (χ1) is 5.36. The topological polar surface area (TPSA) is 26.3 Å². The van der Waals surface area contributed by atoms with Crippen molar-refractivity contribution >= 4 is 5.97 Å². The summed E-state index contributed by atoms with van der Waals surface area (Å²) in [7, 11) is 0. The Labute approximate surface area is 65.2 Å². The summed E-state index contributed by atoms with van der Waals surface area (Å²) in [6, 6.07) is 0. The fourth-order valence-corrected chi connectivity index (χ4v) is 2.78. The lowest BCUT2D eigenvalue weighted by Gasteiger charge is -2.14. The molecule has 1 heterocycles. The highest BCUT2D eigenvalue weighted by atomic mass is 16.5. The van der Waals surface area contributed by atoms with Crippen LogP contribution in [0.2, 0.25) is 0 Å². The van der Waals surface area contributed by atoms with E-state index in [4.69, 9.17) is 4.74 Å². The molecule has 2 heteroatoms. The lowest BCUT2D eigenvalue weighted by atomic mass is 9.86. The fourth-order valence-electron chi connectivity index (χ4n) is 2.78. The molecular formula is C9H10O2. The van der Waals surface area contributed by atoms with Crippen LogP contribution in [0.3, 0.4) is 0 Å². The maximum Gasteiger partial charge on any atom is 0.309 e. The molecule has 4 atom stereocenters. The Bertz CT molecular complexity index is 244. The van der Waals surface area contributed by atoms with Crippen LogP contribution in [0.4, 0.5) is 0 Å². The van der Waals surface area contributed by atoms with Crippen molar-refractivity contribution < 1.29 is 9.53 Å². The third-order valence-electron chi connectivity index (χ3n) is 3.31. The predicted molar refractivity (Wildman–Crippen MR) is 38.7 cm³/mol. The van der Waals surface area contributed by atoms with Gasteiger partial charge in [-0.3, -0.25) is 4.79 Å². The third-order valence-corrected chi connectivity index (χ3v) is 3.31. The molecule has 0 aromatic carbocycles. The molecule has 58 valence electrons. The van der Waals surface area contributed by atoms with E-state index in [1.54, 1.807) is 0 Å². The van der Waals surface area contributed by atoms with Crippen molar-refractivity contribution in [3.05, 3.63) is 12.2 Å². The maximum atomic E-state index is 11.2. The Hall–Kier alpha value is -0.790. The molecule has 1 saturated carbocycles. The fraction of sp³-hybridized carbons (Fsp3) is 0.667. The summed E-state index contributed by atoms with van der Waals surface area (Å²) in [6.07, 6.45) is 5.65. The third kappa shape index (κ3) is 0.561. The highest BCUT2D eigenvalue weighted by Gasteiger charge is 2.52. The molecule has 2 nitrogen and oxygen atoms in total. The van der Waals surface area contributed by atoms with E-state index in [0.717, 1.165) is 0 Å². The largest absolute Gasteiger partial charge is 0.465 e. The Balaban J connectivity index is 2.03. The van der Waals surface area contributed by atoms with Crippen molar-refractivity contribution in [1.82, 2.24) is 0 Å². The summed E-state index contributed by atoms with van der Waals surface area (Å²) in [5, 5.41) is 0. The predicted octanol–water partition coefficient (Wildman–Crippen LogP) is 0.982. The van der Waals surface area contributed by atoms with Crippen LogP contribution in [0.15, 0.2) is 12.2 Å². The number of hydrogen-bond acceptors (Lipinski definition) is 2. The first-order valence-corrected chi connectivity index (χ1v) is 4.21. The Morgan fingerprint density at radius 3 is 3.00 bits per heavy atom. The number of carbonyl (C=O) groups is 1. The second-order valence-electron chi connectivity index (χ2n) is 3.77. The molecule has 0 N–H and O–H groups in total. The van der Waals surface area contributed by atoms with Crippen LogP contribution in [-0.4, -0.2) is 12.6 Å². The van der Waals surface area contributed by atoms with Crippen LogP contribution in [0.25, 0.3) is 0 Å². The molecule has 0 aromatic rings. The van der Waals surface area contributed by atoms with E-state index in [0.29, 0.717) is 24.4 Å². The highest BCUT2D eigenvalue weighted by molar-refractivity contribution is 5.76. The molecule has 3 aliphatic rings. The number of ether oxygens (including phenoxy) is 1. The number of allylic oxidation sites excluding steroid dienone is 2.